The fraction of sp³-hybridized carbons (Fsp3) is 0.286. The van der Waals surface area contributed by atoms with Crippen LogP contribution >= 0.6 is 0 Å². The Hall–Kier alpha value is -2.48. The molecule has 0 saturated heterocycles. The number of terminal acetylenes is 1. The monoisotopic (exact) mass is 260 g/mol. The largest absolute Gasteiger partial charge is 0.464 e. The molecule has 100 valence electrons. The topological polar surface area (TPSA) is 67.4 Å². The summed E-state index contributed by atoms with van der Waals surface area (Å²) in [6.07, 6.45) is 5.23. The second-order valence-corrected chi connectivity index (χ2v) is 3.79. The highest BCUT2D eigenvalue weighted by Gasteiger charge is 2.16. The van der Waals surface area contributed by atoms with Crippen molar-refractivity contribution < 1.29 is 14.3 Å². The molecule has 0 fully saturated rings. The zero-order valence-electron chi connectivity index (χ0n) is 10.9. The van der Waals surface area contributed by atoms with Crippen molar-refractivity contribution in [3.8, 4) is 12.3 Å². The smallest absolute Gasteiger partial charge is 0.328 e. The molecule has 1 atom stereocenters. The van der Waals surface area contributed by atoms with Crippen LogP contribution in [0.5, 0.6) is 0 Å². The Balaban J connectivity index is 2.50. The molecule has 0 spiro atoms. The highest BCUT2D eigenvalue weighted by molar-refractivity contribution is 5.92. The summed E-state index contributed by atoms with van der Waals surface area (Å²) in [4.78, 5) is 22.9. The average molecular weight is 260 g/mol. The van der Waals surface area contributed by atoms with Crippen LogP contribution in [0.2, 0.25) is 0 Å². The molecule has 0 heterocycles. The lowest BCUT2D eigenvalue weighted by atomic mass is 10.2. The van der Waals surface area contributed by atoms with Crippen LogP contribution in [0.1, 0.15) is 19.4 Å². The van der Waals surface area contributed by atoms with Crippen LogP contribution in [-0.2, 0) is 9.53 Å². The van der Waals surface area contributed by atoms with Crippen LogP contribution < -0.4 is 10.6 Å². The van der Waals surface area contributed by atoms with Crippen LogP contribution in [0.15, 0.2) is 24.3 Å². The van der Waals surface area contributed by atoms with E-state index in [0.717, 1.165) is 5.56 Å². The van der Waals surface area contributed by atoms with Crippen LogP contribution in [0.25, 0.3) is 0 Å². The molecule has 19 heavy (non-hydrogen) atoms. The number of rotatable bonds is 4. The highest BCUT2D eigenvalue weighted by Crippen LogP contribution is 2.08. The van der Waals surface area contributed by atoms with Gasteiger partial charge in [-0.05, 0) is 38.1 Å². The molecule has 0 aliphatic rings. The van der Waals surface area contributed by atoms with Gasteiger partial charge < -0.3 is 15.4 Å². The van der Waals surface area contributed by atoms with Gasteiger partial charge in [-0.3, -0.25) is 0 Å². The summed E-state index contributed by atoms with van der Waals surface area (Å²) < 4.78 is 4.78. The lowest BCUT2D eigenvalue weighted by molar-refractivity contribution is -0.144. The number of esters is 1. The Kier molecular flexibility index (Phi) is 5.42. The van der Waals surface area contributed by atoms with Crippen LogP contribution in [-0.4, -0.2) is 24.6 Å². The van der Waals surface area contributed by atoms with E-state index in [-0.39, 0.29) is 6.61 Å². The Bertz CT molecular complexity index is 488. The van der Waals surface area contributed by atoms with Crippen molar-refractivity contribution in [2.45, 2.75) is 19.9 Å². The number of anilines is 1. The lowest BCUT2D eigenvalue weighted by Gasteiger charge is -2.13. The first-order valence-corrected chi connectivity index (χ1v) is 5.87. The third kappa shape index (κ3) is 4.72. The normalized spacial score (nSPS) is 11.0. The summed E-state index contributed by atoms with van der Waals surface area (Å²) >= 11 is 0. The van der Waals surface area contributed by atoms with E-state index >= 15 is 0 Å². The summed E-state index contributed by atoms with van der Waals surface area (Å²) in [5.74, 6) is 2.01. The molecule has 0 aliphatic carbocycles. The molecule has 1 rings (SSSR count). The third-order valence-corrected chi connectivity index (χ3v) is 2.30. The fourth-order valence-corrected chi connectivity index (χ4v) is 1.34. The molecule has 0 bridgehead atoms. The number of amides is 2. The molecule has 0 saturated carbocycles. The van der Waals surface area contributed by atoms with Gasteiger partial charge in [0.05, 0.1) is 6.61 Å². The number of ether oxygens (including phenoxy) is 1. The van der Waals surface area contributed by atoms with Crippen molar-refractivity contribution in [1.29, 1.82) is 0 Å². The van der Waals surface area contributed by atoms with Crippen molar-refractivity contribution in [2.75, 3.05) is 11.9 Å². The molecular formula is C14H16N2O3. The number of urea groups is 1. The molecule has 5 heteroatoms. The van der Waals surface area contributed by atoms with Gasteiger partial charge in [0.1, 0.15) is 6.04 Å². The van der Waals surface area contributed by atoms with E-state index in [1.807, 2.05) is 0 Å². The SMILES string of the molecule is C#Cc1ccc(NC(=O)N[C@@H](C)C(=O)OCC)cc1. The first-order valence-electron chi connectivity index (χ1n) is 5.87. The zero-order chi connectivity index (χ0) is 14.3. The van der Waals surface area contributed by atoms with Crippen LogP contribution in [0.3, 0.4) is 0 Å². The minimum Gasteiger partial charge on any atom is -0.464 e. The van der Waals surface area contributed by atoms with Crippen molar-refractivity contribution >= 4 is 17.7 Å². The molecule has 1 aromatic carbocycles. The van der Waals surface area contributed by atoms with Gasteiger partial charge in [0.2, 0.25) is 0 Å². The zero-order valence-corrected chi connectivity index (χ0v) is 10.9. The van der Waals surface area contributed by atoms with E-state index in [9.17, 15) is 9.59 Å². The minimum absolute atomic E-state index is 0.278. The predicted octanol–water partition coefficient (Wildman–Crippen LogP) is 1.74. The highest BCUT2D eigenvalue weighted by atomic mass is 16.5. The Morgan fingerprint density at radius 1 is 1.37 bits per heavy atom. The standard InChI is InChI=1S/C14H16N2O3/c1-4-11-6-8-12(9-7-11)16-14(18)15-10(3)13(17)19-5-2/h1,6-10H,5H2,2-3H3,(H2,15,16,18)/t10-/m0/s1. The average Bonchev–Trinajstić information content (AvgIpc) is 2.39. The predicted molar refractivity (Wildman–Crippen MR) is 72.6 cm³/mol. The first-order chi connectivity index (χ1) is 9.06. The quantitative estimate of drug-likeness (QED) is 0.640. The Morgan fingerprint density at radius 2 is 2.00 bits per heavy atom. The van der Waals surface area contributed by atoms with Gasteiger partial charge in [-0.25, -0.2) is 9.59 Å². The molecule has 0 unspecified atom stereocenters. The van der Waals surface area contributed by atoms with Gasteiger partial charge in [-0.1, -0.05) is 5.92 Å². The van der Waals surface area contributed by atoms with Gasteiger partial charge in [0, 0.05) is 11.3 Å². The molecule has 2 amide bonds. The molecule has 0 radical (unpaired) electrons. The van der Waals surface area contributed by atoms with Crippen molar-refractivity contribution in [3.05, 3.63) is 29.8 Å². The number of hydrogen-bond acceptors (Lipinski definition) is 3. The van der Waals surface area contributed by atoms with Crippen molar-refractivity contribution in [2.24, 2.45) is 0 Å². The molecule has 2 N–H and O–H groups in total. The summed E-state index contributed by atoms with van der Waals surface area (Å²) in [5.41, 5.74) is 1.32. The van der Waals surface area contributed by atoms with Gasteiger partial charge in [0.15, 0.2) is 0 Å². The van der Waals surface area contributed by atoms with E-state index in [1.54, 1.807) is 38.1 Å². The summed E-state index contributed by atoms with van der Waals surface area (Å²) in [6, 6.07) is 5.61. The minimum atomic E-state index is -0.704. The van der Waals surface area contributed by atoms with Crippen molar-refractivity contribution in [1.82, 2.24) is 5.32 Å². The Morgan fingerprint density at radius 3 is 2.53 bits per heavy atom. The second-order valence-electron chi connectivity index (χ2n) is 3.79. The molecule has 0 aliphatic heterocycles. The maximum Gasteiger partial charge on any atom is 0.328 e. The summed E-state index contributed by atoms with van der Waals surface area (Å²) in [6.45, 7) is 3.54. The molecule has 1 aromatic rings. The fourth-order valence-electron chi connectivity index (χ4n) is 1.34. The van der Waals surface area contributed by atoms with E-state index in [2.05, 4.69) is 16.6 Å². The summed E-state index contributed by atoms with van der Waals surface area (Å²) in [5, 5.41) is 5.07. The third-order valence-electron chi connectivity index (χ3n) is 2.30. The first kappa shape index (κ1) is 14.6. The number of carbonyl (C=O) groups is 2. The maximum atomic E-state index is 11.6. The number of nitrogens with one attached hydrogen (secondary N) is 2. The van der Waals surface area contributed by atoms with E-state index in [1.165, 1.54) is 0 Å². The van der Waals surface area contributed by atoms with Gasteiger partial charge >= 0.3 is 12.0 Å². The van der Waals surface area contributed by atoms with E-state index in [4.69, 9.17) is 11.2 Å². The Labute approximate surface area is 112 Å². The van der Waals surface area contributed by atoms with Crippen molar-refractivity contribution in [3.63, 3.8) is 0 Å². The number of carbonyl (C=O) groups excluding carboxylic acids is 2. The van der Waals surface area contributed by atoms with Gasteiger partial charge in [-0.2, -0.15) is 0 Å². The second kappa shape index (κ2) is 7.07. The van der Waals surface area contributed by atoms with Crippen LogP contribution in [0, 0.1) is 12.3 Å². The number of benzene rings is 1. The molecule has 0 aromatic heterocycles. The van der Waals surface area contributed by atoms with Gasteiger partial charge in [-0.15, -0.1) is 6.42 Å². The molecule has 5 nitrogen and oxygen atoms in total. The lowest BCUT2D eigenvalue weighted by Crippen LogP contribution is -2.41. The summed E-state index contributed by atoms with van der Waals surface area (Å²) in [7, 11) is 0. The van der Waals surface area contributed by atoms with E-state index in [0.29, 0.717) is 5.69 Å². The maximum absolute atomic E-state index is 11.6. The van der Waals surface area contributed by atoms with Gasteiger partial charge in [0.25, 0.3) is 0 Å². The number of hydrogen-bond donors (Lipinski definition) is 2. The van der Waals surface area contributed by atoms with Crippen LogP contribution in [0.4, 0.5) is 10.5 Å². The van der Waals surface area contributed by atoms with E-state index < -0.39 is 18.0 Å². The molecular weight excluding hydrogens is 244 g/mol.